The Balaban J connectivity index is 2.17. The molecular formula is C13H20N4O. The fourth-order valence-corrected chi connectivity index (χ4v) is 1.73. The molecule has 5 nitrogen and oxygen atoms in total. The predicted molar refractivity (Wildman–Crippen MR) is 69.9 cm³/mol. The number of nitriles is 1. The number of nitrogens with zero attached hydrogens (tertiary/aromatic N) is 2. The van der Waals surface area contributed by atoms with Crippen molar-refractivity contribution < 1.29 is 4.79 Å². The topological polar surface area (TPSA) is 81.6 Å². The molecule has 0 aliphatic heterocycles. The van der Waals surface area contributed by atoms with Crippen LogP contribution in [-0.4, -0.2) is 15.9 Å². The van der Waals surface area contributed by atoms with Crippen molar-refractivity contribution in [2.75, 3.05) is 5.32 Å². The van der Waals surface area contributed by atoms with Crippen molar-refractivity contribution in [1.29, 1.82) is 5.26 Å². The third kappa shape index (κ3) is 5.00. The normalized spacial score (nSPS) is 10.0. The van der Waals surface area contributed by atoms with Crippen LogP contribution in [-0.2, 0) is 4.79 Å². The maximum atomic E-state index is 11.6. The average molecular weight is 248 g/mol. The Kier molecular flexibility index (Phi) is 6.55. The quantitative estimate of drug-likeness (QED) is 0.694. The number of aromatic amines is 1. The first kappa shape index (κ1) is 14.2. The van der Waals surface area contributed by atoms with Gasteiger partial charge in [-0.1, -0.05) is 39.0 Å². The highest BCUT2D eigenvalue weighted by Gasteiger charge is 2.08. The van der Waals surface area contributed by atoms with Gasteiger partial charge in [0.05, 0.1) is 6.33 Å². The Morgan fingerprint density at radius 1 is 1.39 bits per heavy atom. The summed E-state index contributed by atoms with van der Waals surface area (Å²) in [7, 11) is 0. The fourth-order valence-electron chi connectivity index (χ4n) is 1.73. The number of H-pyrrole nitrogens is 1. The summed E-state index contributed by atoms with van der Waals surface area (Å²) in [6.07, 6.45) is 8.80. The molecule has 0 saturated heterocycles. The van der Waals surface area contributed by atoms with Crippen LogP contribution in [0.3, 0.4) is 0 Å². The minimum absolute atomic E-state index is 0.0749. The van der Waals surface area contributed by atoms with Gasteiger partial charge in [-0.3, -0.25) is 4.79 Å². The highest BCUT2D eigenvalue weighted by Crippen LogP contribution is 2.10. The zero-order valence-corrected chi connectivity index (χ0v) is 10.8. The average Bonchev–Trinajstić information content (AvgIpc) is 2.80. The summed E-state index contributed by atoms with van der Waals surface area (Å²) in [5, 5.41) is 11.4. The lowest BCUT2D eigenvalue weighted by Crippen LogP contribution is -2.12. The summed E-state index contributed by atoms with van der Waals surface area (Å²) in [6, 6.07) is 1.94. The van der Waals surface area contributed by atoms with Gasteiger partial charge in [-0.05, 0) is 6.42 Å². The molecule has 98 valence electrons. The molecule has 0 fully saturated rings. The maximum absolute atomic E-state index is 11.6. The minimum atomic E-state index is -0.0749. The molecule has 0 radical (unpaired) electrons. The molecule has 1 heterocycles. The lowest BCUT2D eigenvalue weighted by Gasteiger charge is -2.02. The van der Waals surface area contributed by atoms with E-state index < -0.39 is 0 Å². The predicted octanol–water partition coefficient (Wildman–Crippen LogP) is 2.97. The summed E-state index contributed by atoms with van der Waals surface area (Å²) in [5.41, 5.74) is 0.297. The Labute approximate surface area is 108 Å². The first-order valence-electron chi connectivity index (χ1n) is 6.51. The number of anilines is 1. The zero-order chi connectivity index (χ0) is 13.2. The molecule has 18 heavy (non-hydrogen) atoms. The molecule has 0 saturated carbocycles. The molecule has 0 aliphatic rings. The second-order valence-corrected chi connectivity index (χ2v) is 4.30. The Morgan fingerprint density at radius 3 is 2.83 bits per heavy atom. The van der Waals surface area contributed by atoms with Crippen LogP contribution in [0.1, 0.15) is 57.6 Å². The van der Waals surface area contributed by atoms with E-state index in [9.17, 15) is 4.79 Å². The SMILES string of the molecule is CCCCCCCCC(=O)Nc1nc[nH]c1C#N. The first-order chi connectivity index (χ1) is 8.77. The monoisotopic (exact) mass is 248 g/mol. The van der Waals surface area contributed by atoms with E-state index in [2.05, 4.69) is 22.2 Å². The Morgan fingerprint density at radius 2 is 2.11 bits per heavy atom. The molecule has 1 aromatic rings. The molecule has 0 aromatic carbocycles. The number of hydrogen-bond acceptors (Lipinski definition) is 3. The summed E-state index contributed by atoms with van der Waals surface area (Å²) in [6.45, 7) is 2.18. The number of nitrogens with one attached hydrogen (secondary N) is 2. The third-order valence-electron chi connectivity index (χ3n) is 2.77. The second kappa shape index (κ2) is 8.29. The molecule has 0 bridgehead atoms. The number of unbranched alkanes of at least 4 members (excludes halogenated alkanes) is 5. The van der Waals surface area contributed by atoms with Crippen LogP contribution in [0.5, 0.6) is 0 Å². The van der Waals surface area contributed by atoms with Crippen LogP contribution in [0.4, 0.5) is 5.82 Å². The van der Waals surface area contributed by atoms with Crippen LogP contribution >= 0.6 is 0 Å². The van der Waals surface area contributed by atoms with Gasteiger partial charge in [-0.15, -0.1) is 0 Å². The van der Waals surface area contributed by atoms with Crippen LogP contribution in [0.15, 0.2) is 6.33 Å². The number of aromatic nitrogens is 2. The van der Waals surface area contributed by atoms with E-state index in [0.717, 1.165) is 12.8 Å². The van der Waals surface area contributed by atoms with E-state index in [0.29, 0.717) is 17.9 Å². The maximum Gasteiger partial charge on any atom is 0.225 e. The van der Waals surface area contributed by atoms with Crippen molar-refractivity contribution >= 4 is 11.7 Å². The van der Waals surface area contributed by atoms with Gasteiger partial charge in [-0.25, -0.2) is 4.98 Å². The number of amides is 1. The number of rotatable bonds is 8. The van der Waals surface area contributed by atoms with Gasteiger partial charge in [0.1, 0.15) is 6.07 Å². The Bertz CT molecular complexity index is 405. The molecule has 2 N–H and O–H groups in total. The fraction of sp³-hybridized carbons (Fsp3) is 0.615. The van der Waals surface area contributed by atoms with E-state index >= 15 is 0 Å². The van der Waals surface area contributed by atoms with Gasteiger partial charge >= 0.3 is 0 Å². The lowest BCUT2D eigenvalue weighted by atomic mass is 10.1. The molecule has 0 unspecified atom stereocenters. The highest BCUT2D eigenvalue weighted by atomic mass is 16.1. The number of imidazole rings is 1. The van der Waals surface area contributed by atoms with Crippen molar-refractivity contribution in [2.45, 2.75) is 51.9 Å². The molecule has 0 atom stereocenters. The standard InChI is InChI=1S/C13H20N4O/c1-2-3-4-5-6-7-8-12(18)17-13-11(9-14)15-10-16-13/h10H,2-8H2,1H3,(H,15,16)(H,17,18). The van der Waals surface area contributed by atoms with E-state index in [-0.39, 0.29) is 5.91 Å². The van der Waals surface area contributed by atoms with Crippen molar-refractivity contribution in [3.8, 4) is 6.07 Å². The van der Waals surface area contributed by atoms with E-state index in [1.165, 1.54) is 32.0 Å². The van der Waals surface area contributed by atoms with Crippen LogP contribution in [0, 0.1) is 11.3 Å². The van der Waals surface area contributed by atoms with Gasteiger partial charge in [0.2, 0.25) is 5.91 Å². The number of hydrogen-bond donors (Lipinski definition) is 2. The van der Waals surface area contributed by atoms with Crippen LogP contribution < -0.4 is 5.32 Å². The van der Waals surface area contributed by atoms with Gasteiger partial charge in [-0.2, -0.15) is 5.26 Å². The van der Waals surface area contributed by atoms with Crippen molar-refractivity contribution in [3.63, 3.8) is 0 Å². The van der Waals surface area contributed by atoms with Crippen molar-refractivity contribution in [1.82, 2.24) is 9.97 Å². The molecule has 0 aliphatic carbocycles. The van der Waals surface area contributed by atoms with Gasteiger partial charge in [0.25, 0.3) is 0 Å². The van der Waals surface area contributed by atoms with Crippen molar-refractivity contribution in [2.24, 2.45) is 0 Å². The number of carbonyl (C=O) groups excluding carboxylic acids is 1. The van der Waals surface area contributed by atoms with Crippen molar-refractivity contribution in [3.05, 3.63) is 12.0 Å². The molecule has 1 rings (SSSR count). The molecule has 5 heteroatoms. The smallest absolute Gasteiger partial charge is 0.225 e. The Hall–Kier alpha value is -1.83. The molecule has 1 aromatic heterocycles. The molecular weight excluding hydrogens is 228 g/mol. The summed E-state index contributed by atoms with van der Waals surface area (Å²) in [5.74, 6) is 0.252. The summed E-state index contributed by atoms with van der Waals surface area (Å²) in [4.78, 5) is 18.1. The summed E-state index contributed by atoms with van der Waals surface area (Å²) < 4.78 is 0. The van der Waals surface area contributed by atoms with Gasteiger partial charge in [0, 0.05) is 6.42 Å². The second-order valence-electron chi connectivity index (χ2n) is 4.30. The minimum Gasteiger partial charge on any atom is -0.335 e. The number of carbonyl (C=O) groups is 1. The van der Waals surface area contributed by atoms with E-state index in [1.807, 2.05) is 6.07 Å². The van der Waals surface area contributed by atoms with E-state index in [1.54, 1.807) is 0 Å². The van der Waals surface area contributed by atoms with Crippen LogP contribution in [0.25, 0.3) is 0 Å². The first-order valence-corrected chi connectivity index (χ1v) is 6.51. The molecule has 1 amide bonds. The largest absolute Gasteiger partial charge is 0.335 e. The van der Waals surface area contributed by atoms with Gasteiger partial charge in [0.15, 0.2) is 11.5 Å². The zero-order valence-electron chi connectivity index (χ0n) is 10.8. The molecule has 0 spiro atoms. The highest BCUT2D eigenvalue weighted by molar-refractivity contribution is 5.90. The lowest BCUT2D eigenvalue weighted by molar-refractivity contribution is -0.116. The van der Waals surface area contributed by atoms with Crippen LogP contribution in [0.2, 0.25) is 0 Å². The van der Waals surface area contributed by atoms with Gasteiger partial charge < -0.3 is 10.3 Å². The summed E-state index contributed by atoms with van der Waals surface area (Å²) >= 11 is 0. The van der Waals surface area contributed by atoms with E-state index in [4.69, 9.17) is 5.26 Å². The third-order valence-corrected chi connectivity index (χ3v) is 2.77.